The second kappa shape index (κ2) is 6.06. The molecule has 8 heteroatoms. The summed E-state index contributed by atoms with van der Waals surface area (Å²) in [4.78, 5) is 15.4. The van der Waals surface area contributed by atoms with Gasteiger partial charge in [0.1, 0.15) is 23.0 Å². The Morgan fingerprint density at radius 2 is 2.35 bits per heavy atom. The number of rotatable bonds is 5. The molecule has 0 aliphatic carbocycles. The molecule has 1 aromatic carbocycles. The molecule has 0 amide bonds. The second-order valence-corrected chi connectivity index (χ2v) is 6.64. The summed E-state index contributed by atoms with van der Waals surface area (Å²) in [6, 6.07) is 4.67. The molecule has 0 saturated carbocycles. The molecule has 0 bridgehead atoms. The molecule has 4 rings (SSSR count). The summed E-state index contributed by atoms with van der Waals surface area (Å²) in [5.41, 5.74) is 7.65. The minimum absolute atomic E-state index is 0.312. The number of nitrogens with one attached hydrogen (secondary N) is 1. The minimum Gasteiger partial charge on any atom is -0.485 e. The SMILES string of the molecule is C[C@@]1(CN)Cc2cc(F)cc(CNc3ccn4ncc(C=O)c4n3)c2O1. The fourth-order valence-electron chi connectivity index (χ4n) is 3.16. The first kappa shape index (κ1) is 16.5. The maximum Gasteiger partial charge on any atom is 0.167 e. The van der Waals surface area contributed by atoms with Gasteiger partial charge in [0.15, 0.2) is 11.9 Å². The zero-order valence-electron chi connectivity index (χ0n) is 14.2. The molecule has 134 valence electrons. The van der Waals surface area contributed by atoms with E-state index in [1.807, 2.05) is 6.92 Å². The predicted octanol–water partition coefficient (Wildman–Crippen LogP) is 1.95. The molecule has 0 fully saturated rings. The van der Waals surface area contributed by atoms with Crippen LogP contribution in [0.3, 0.4) is 0 Å². The van der Waals surface area contributed by atoms with Gasteiger partial charge in [-0.3, -0.25) is 4.79 Å². The van der Waals surface area contributed by atoms with Gasteiger partial charge in [-0.15, -0.1) is 0 Å². The van der Waals surface area contributed by atoms with Gasteiger partial charge in [-0.25, -0.2) is 13.9 Å². The van der Waals surface area contributed by atoms with E-state index in [1.54, 1.807) is 12.3 Å². The number of nitrogens with zero attached hydrogens (tertiary/aromatic N) is 3. The van der Waals surface area contributed by atoms with E-state index in [2.05, 4.69) is 15.4 Å². The Labute approximate surface area is 149 Å². The lowest BCUT2D eigenvalue weighted by atomic mass is 9.98. The van der Waals surface area contributed by atoms with Crippen LogP contribution in [0.2, 0.25) is 0 Å². The van der Waals surface area contributed by atoms with Gasteiger partial charge in [-0.05, 0) is 25.1 Å². The maximum absolute atomic E-state index is 14.0. The van der Waals surface area contributed by atoms with E-state index in [9.17, 15) is 9.18 Å². The van der Waals surface area contributed by atoms with Crippen molar-refractivity contribution in [2.24, 2.45) is 5.73 Å². The van der Waals surface area contributed by atoms with Gasteiger partial charge >= 0.3 is 0 Å². The van der Waals surface area contributed by atoms with Crippen molar-refractivity contribution in [3.8, 4) is 5.75 Å². The Morgan fingerprint density at radius 3 is 3.12 bits per heavy atom. The van der Waals surface area contributed by atoms with E-state index in [0.717, 1.165) is 5.56 Å². The van der Waals surface area contributed by atoms with Gasteiger partial charge in [-0.2, -0.15) is 5.10 Å². The summed E-state index contributed by atoms with van der Waals surface area (Å²) < 4.78 is 21.5. The third kappa shape index (κ3) is 2.78. The van der Waals surface area contributed by atoms with E-state index in [0.29, 0.717) is 54.1 Å². The van der Waals surface area contributed by atoms with Crippen molar-refractivity contribution in [3.63, 3.8) is 0 Å². The monoisotopic (exact) mass is 355 g/mol. The highest BCUT2D eigenvalue weighted by Crippen LogP contribution is 2.38. The van der Waals surface area contributed by atoms with Gasteiger partial charge < -0.3 is 15.8 Å². The summed E-state index contributed by atoms with van der Waals surface area (Å²) in [5.74, 6) is 0.914. The summed E-state index contributed by atoms with van der Waals surface area (Å²) in [6.45, 7) is 2.59. The molecular weight excluding hydrogens is 337 g/mol. The van der Waals surface area contributed by atoms with E-state index < -0.39 is 5.60 Å². The number of hydrogen-bond acceptors (Lipinski definition) is 6. The highest BCUT2D eigenvalue weighted by molar-refractivity contribution is 5.83. The molecular formula is C18H18FN5O2. The number of fused-ring (bicyclic) bond motifs is 2. The predicted molar refractivity (Wildman–Crippen MR) is 93.9 cm³/mol. The first-order valence-electron chi connectivity index (χ1n) is 8.25. The van der Waals surface area contributed by atoms with Crippen molar-refractivity contribution in [3.05, 3.63) is 53.1 Å². The fraction of sp³-hybridized carbons (Fsp3) is 0.278. The Morgan fingerprint density at radius 1 is 1.50 bits per heavy atom. The van der Waals surface area contributed by atoms with Crippen molar-refractivity contribution >= 4 is 17.8 Å². The lowest BCUT2D eigenvalue weighted by Crippen LogP contribution is -2.39. The number of anilines is 1. The summed E-state index contributed by atoms with van der Waals surface area (Å²) in [5, 5.41) is 7.20. The van der Waals surface area contributed by atoms with E-state index >= 15 is 0 Å². The van der Waals surface area contributed by atoms with Gasteiger partial charge in [0.2, 0.25) is 0 Å². The Bertz CT molecular complexity index is 1000. The second-order valence-electron chi connectivity index (χ2n) is 6.64. The molecule has 0 unspecified atom stereocenters. The lowest BCUT2D eigenvalue weighted by molar-refractivity contribution is 0.112. The number of halogens is 1. The molecule has 2 aromatic heterocycles. The van der Waals surface area contributed by atoms with Crippen LogP contribution >= 0.6 is 0 Å². The van der Waals surface area contributed by atoms with Crippen LogP contribution in [0.25, 0.3) is 5.65 Å². The average molecular weight is 355 g/mol. The van der Waals surface area contributed by atoms with Crippen LogP contribution < -0.4 is 15.8 Å². The van der Waals surface area contributed by atoms with Crippen LogP contribution in [0.5, 0.6) is 5.75 Å². The quantitative estimate of drug-likeness (QED) is 0.679. The van der Waals surface area contributed by atoms with Crippen molar-refractivity contribution < 1.29 is 13.9 Å². The molecule has 3 heterocycles. The number of carbonyl (C=O) groups is 1. The number of benzene rings is 1. The van der Waals surface area contributed by atoms with Crippen molar-refractivity contribution in [1.82, 2.24) is 14.6 Å². The normalized spacial score (nSPS) is 18.6. The molecule has 1 aliphatic heterocycles. The first-order chi connectivity index (χ1) is 12.5. The molecule has 3 N–H and O–H groups in total. The number of aldehydes is 1. The van der Waals surface area contributed by atoms with Gasteiger partial charge in [-0.1, -0.05) is 0 Å². The molecule has 3 aromatic rings. The Kier molecular flexibility index (Phi) is 3.84. The highest BCUT2D eigenvalue weighted by atomic mass is 19.1. The van der Waals surface area contributed by atoms with Crippen LogP contribution in [-0.2, 0) is 13.0 Å². The number of hydrogen-bond donors (Lipinski definition) is 2. The van der Waals surface area contributed by atoms with E-state index in [1.165, 1.54) is 22.8 Å². The first-order valence-corrected chi connectivity index (χ1v) is 8.25. The molecule has 7 nitrogen and oxygen atoms in total. The molecule has 0 saturated heterocycles. The van der Waals surface area contributed by atoms with Gasteiger partial charge in [0.25, 0.3) is 0 Å². The third-order valence-electron chi connectivity index (χ3n) is 4.54. The smallest absolute Gasteiger partial charge is 0.167 e. The number of nitrogens with two attached hydrogens (primary N) is 1. The number of carbonyl (C=O) groups excluding carboxylic acids is 1. The molecule has 0 radical (unpaired) electrons. The topological polar surface area (TPSA) is 94.5 Å². The standard InChI is InChI=1S/C18H18FN5O2/c1-18(10-20)6-11-4-14(19)5-12(16(11)26-18)7-21-15-2-3-24-17(23-15)13(9-25)8-22-24/h2-5,8-9H,6-7,10,20H2,1H3,(H,21,23)/t18-/m0/s1. The molecule has 1 atom stereocenters. The van der Waals surface area contributed by atoms with Crippen LogP contribution in [0.15, 0.2) is 30.6 Å². The van der Waals surface area contributed by atoms with Crippen LogP contribution in [0.4, 0.5) is 10.2 Å². The molecule has 1 aliphatic rings. The Hall–Kier alpha value is -3.00. The van der Waals surface area contributed by atoms with E-state index in [-0.39, 0.29) is 5.82 Å². The third-order valence-corrected chi connectivity index (χ3v) is 4.54. The van der Waals surface area contributed by atoms with Gasteiger partial charge in [0.05, 0.1) is 11.8 Å². The lowest BCUT2D eigenvalue weighted by Gasteiger charge is -2.22. The van der Waals surface area contributed by atoms with Crippen molar-refractivity contribution in [1.29, 1.82) is 0 Å². The summed E-state index contributed by atoms with van der Waals surface area (Å²) >= 11 is 0. The largest absolute Gasteiger partial charge is 0.485 e. The average Bonchev–Trinajstić information content (AvgIpc) is 3.19. The van der Waals surface area contributed by atoms with Crippen LogP contribution in [-0.4, -0.2) is 33.0 Å². The highest BCUT2D eigenvalue weighted by Gasteiger charge is 2.35. The van der Waals surface area contributed by atoms with Gasteiger partial charge in [0, 0.05) is 36.8 Å². The fourth-order valence-corrected chi connectivity index (χ4v) is 3.16. The summed E-state index contributed by atoms with van der Waals surface area (Å²) in [7, 11) is 0. The zero-order valence-corrected chi connectivity index (χ0v) is 14.2. The number of ether oxygens (including phenoxy) is 1. The van der Waals surface area contributed by atoms with Crippen molar-refractivity contribution in [2.45, 2.75) is 25.5 Å². The van der Waals surface area contributed by atoms with Crippen LogP contribution in [0.1, 0.15) is 28.4 Å². The maximum atomic E-state index is 14.0. The Balaban J connectivity index is 1.60. The van der Waals surface area contributed by atoms with E-state index in [4.69, 9.17) is 10.5 Å². The number of aromatic nitrogens is 3. The van der Waals surface area contributed by atoms with Crippen molar-refractivity contribution in [2.75, 3.05) is 11.9 Å². The summed E-state index contributed by atoms with van der Waals surface area (Å²) in [6.07, 6.45) is 4.45. The molecule has 26 heavy (non-hydrogen) atoms. The van der Waals surface area contributed by atoms with Crippen LogP contribution in [0, 0.1) is 5.82 Å². The molecule has 0 spiro atoms. The zero-order chi connectivity index (χ0) is 18.3. The minimum atomic E-state index is -0.515.